The average Bonchev–Trinajstić information content (AvgIpc) is 3.09. The summed E-state index contributed by atoms with van der Waals surface area (Å²) >= 11 is 0. The second kappa shape index (κ2) is 8.56. The van der Waals surface area contributed by atoms with E-state index in [1.807, 2.05) is 12.1 Å². The molecular weight excluding hydrogens is 388 g/mol. The van der Waals surface area contributed by atoms with Gasteiger partial charge in [-0.1, -0.05) is 26.8 Å². The zero-order chi connectivity index (χ0) is 22.0. The van der Waals surface area contributed by atoms with Crippen molar-refractivity contribution < 1.29 is 4.74 Å². The first-order valence-electron chi connectivity index (χ1n) is 10.7. The summed E-state index contributed by atoms with van der Waals surface area (Å²) in [7, 11) is 1.71. The predicted octanol–water partition coefficient (Wildman–Crippen LogP) is 3.68. The van der Waals surface area contributed by atoms with Crippen LogP contribution in [0.4, 0.5) is 5.69 Å². The number of rotatable bonds is 5. The number of aromatic nitrogens is 3. The third kappa shape index (κ3) is 4.80. The summed E-state index contributed by atoms with van der Waals surface area (Å²) in [6.45, 7) is 12.3. The van der Waals surface area contributed by atoms with Crippen LogP contribution in [0.5, 0.6) is 5.75 Å². The number of hydrogen-bond acceptors (Lipinski definition) is 6. The van der Waals surface area contributed by atoms with E-state index in [2.05, 4.69) is 69.4 Å². The van der Waals surface area contributed by atoms with Crippen LogP contribution in [0, 0.1) is 16.7 Å². The molecule has 7 heteroatoms. The van der Waals surface area contributed by atoms with Gasteiger partial charge in [0.1, 0.15) is 17.5 Å². The minimum atomic E-state index is 0.101. The molecular formula is C24H30N6O. The largest absolute Gasteiger partial charge is 0.497 e. The van der Waals surface area contributed by atoms with Crippen LogP contribution < -0.4 is 9.64 Å². The van der Waals surface area contributed by atoms with Crippen molar-refractivity contribution >= 4 is 16.7 Å². The number of ether oxygens (including phenoxy) is 1. The Morgan fingerprint density at radius 3 is 2.58 bits per heavy atom. The standard InChI is InChI=1S/C24H30N6O/c1-24(2,3)17-30-20(12-18-15-26-22(14-25)27-23(18)30)16-28-8-10-29(11-9-28)19-6-5-7-21(13-19)31-4/h5-7,12-13,15H,8-11,16-17H2,1-4H3. The number of fused-ring (bicyclic) bond motifs is 1. The van der Waals surface area contributed by atoms with E-state index in [1.165, 1.54) is 11.4 Å². The molecule has 0 amide bonds. The maximum atomic E-state index is 9.24. The maximum absolute atomic E-state index is 9.24. The highest BCUT2D eigenvalue weighted by Crippen LogP contribution is 2.26. The molecule has 4 rings (SSSR count). The van der Waals surface area contributed by atoms with Crippen molar-refractivity contribution in [3.8, 4) is 11.8 Å². The minimum Gasteiger partial charge on any atom is -0.497 e. The molecule has 0 N–H and O–H groups in total. The monoisotopic (exact) mass is 418 g/mol. The van der Waals surface area contributed by atoms with Gasteiger partial charge in [0.05, 0.1) is 7.11 Å². The van der Waals surface area contributed by atoms with E-state index in [0.29, 0.717) is 0 Å². The summed E-state index contributed by atoms with van der Waals surface area (Å²) in [4.78, 5) is 13.6. The van der Waals surface area contributed by atoms with Gasteiger partial charge in [-0.05, 0) is 23.6 Å². The van der Waals surface area contributed by atoms with Gasteiger partial charge < -0.3 is 14.2 Å². The first kappa shape index (κ1) is 21.1. The molecule has 2 aromatic heterocycles. The lowest BCUT2D eigenvalue weighted by Gasteiger charge is -2.36. The van der Waals surface area contributed by atoms with Crippen LogP contribution in [-0.4, -0.2) is 52.7 Å². The molecule has 3 heterocycles. The molecule has 7 nitrogen and oxygen atoms in total. The van der Waals surface area contributed by atoms with E-state index in [1.54, 1.807) is 13.3 Å². The Bertz CT molecular complexity index is 1100. The van der Waals surface area contributed by atoms with Crippen molar-refractivity contribution in [3.05, 3.63) is 48.0 Å². The number of nitriles is 1. The van der Waals surface area contributed by atoms with Crippen LogP contribution in [0.25, 0.3) is 11.0 Å². The molecule has 3 aromatic rings. The van der Waals surface area contributed by atoms with Crippen molar-refractivity contribution in [3.63, 3.8) is 0 Å². The Labute approximate surface area is 183 Å². The van der Waals surface area contributed by atoms with Crippen LogP contribution in [-0.2, 0) is 13.1 Å². The van der Waals surface area contributed by atoms with Crippen molar-refractivity contribution in [2.75, 3.05) is 38.2 Å². The van der Waals surface area contributed by atoms with Crippen molar-refractivity contribution in [2.24, 2.45) is 5.41 Å². The molecule has 1 fully saturated rings. The van der Waals surface area contributed by atoms with E-state index in [0.717, 1.165) is 56.1 Å². The summed E-state index contributed by atoms with van der Waals surface area (Å²) in [5.74, 6) is 1.11. The summed E-state index contributed by atoms with van der Waals surface area (Å²) in [6.07, 6.45) is 1.77. The minimum absolute atomic E-state index is 0.101. The number of piperazine rings is 1. The van der Waals surface area contributed by atoms with Crippen molar-refractivity contribution in [1.82, 2.24) is 19.4 Å². The van der Waals surface area contributed by atoms with Crippen LogP contribution in [0.2, 0.25) is 0 Å². The highest BCUT2D eigenvalue weighted by molar-refractivity contribution is 5.77. The maximum Gasteiger partial charge on any atom is 0.234 e. The molecule has 0 atom stereocenters. The first-order chi connectivity index (χ1) is 14.9. The fraction of sp³-hybridized carbons (Fsp3) is 0.458. The van der Waals surface area contributed by atoms with E-state index >= 15 is 0 Å². The lowest BCUT2D eigenvalue weighted by molar-refractivity contribution is 0.239. The van der Waals surface area contributed by atoms with E-state index in [-0.39, 0.29) is 11.2 Å². The second-order valence-electron chi connectivity index (χ2n) is 9.33. The van der Waals surface area contributed by atoms with Gasteiger partial charge in [-0.2, -0.15) is 5.26 Å². The second-order valence-corrected chi connectivity index (χ2v) is 9.33. The van der Waals surface area contributed by atoms with E-state index in [9.17, 15) is 5.26 Å². The molecule has 1 saturated heterocycles. The van der Waals surface area contributed by atoms with Gasteiger partial charge in [-0.15, -0.1) is 0 Å². The number of nitrogens with zero attached hydrogens (tertiary/aromatic N) is 6. The smallest absolute Gasteiger partial charge is 0.234 e. The SMILES string of the molecule is COc1cccc(N2CCN(Cc3cc4cnc(C#N)nc4n3CC(C)(C)C)CC2)c1. The zero-order valence-electron chi connectivity index (χ0n) is 18.8. The highest BCUT2D eigenvalue weighted by Gasteiger charge is 2.22. The molecule has 0 radical (unpaired) electrons. The Kier molecular flexibility index (Phi) is 5.84. The van der Waals surface area contributed by atoms with Gasteiger partial charge in [0, 0.05) is 68.3 Å². The highest BCUT2D eigenvalue weighted by atomic mass is 16.5. The Morgan fingerprint density at radius 1 is 1.13 bits per heavy atom. The first-order valence-corrected chi connectivity index (χ1v) is 10.7. The van der Waals surface area contributed by atoms with Gasteiger partial charge in [-0.3, -0.25) is 4.90 Å². The fourth-order valence-electron chi connectivity index (χ4n) is 4.13. The van der Waals surface area contributed by atoms with Crippen LogP contribution in [0.3, 0.4) is 0 Å². The Hall–Kier alpha value is -3.11. The molecule has 0 spiro atoms. The van der Waals surface area contributed by atoms with E-state index in [4.69, 9.17) is 4.74 Å². The van der Waals surface area contributed by atoms with Gasteiger partial charge in [0.25, 0.3) is 0 Å². The molecule has 1 aliphatic heterocycles. The topological polar surface area (TPSA) is 70.2 Å². The Balaban J connectivity index is 1.52. The van der Waals surface area contributed by atoms with Crippen LogP contribution in [0.1, 0.15) is 32.3 Å². The molecule has 0 aliphatic carbocycles. The van der Waals surface area contributed by atoms with Gasteiger partial charge in [0.2, 0.25) is 5.82 Å². The normalized spacial score (nSPS) is 15.3. The molecule has 0 saturated carbocycles. The quantitative estimate of drug-likeness (QED) is 0.630. The molecule has 162 valence electrons. The summed E-state index contributed by atoms with van der Waals surface area (Å²) in [5.41, 5.74) is 3.39. The predicted molar refractivity (Wildman–Crippen MR) is 122 cm³/mol. The average molecular weight is 419 g/mol. The zero-order valence-corrected chi connectivity index (χ0v) is 18.8. The number of anilines is 1. The van der Waals surface area contributed by atoms with Crippen LogP contribution >= 0.6 is 0 Å². The van der Waals surface area contributed by atoms with Crippen molar-refractivity contribution in [2.45, 2.75) is 33.9 Å². The fourth-order valence-corrected chi connectivity index (χ4v) is 4.13. The molecule has 0 unspecified atom stereocenters. The lowest BCUT2D eigenvalue weighted by Crippen LogP contribution is -2.46. The van der Waals surface area contributed by atoms with Crippen molar-refractivity contribution in [1.29, 1.82) is 5.26 Å². The third-order valence-corrected chi connectivity index (χ3v) is 5.63. The number of benzene rings is 1. The number of hydrogen-bond donors (Lipinski definition) is 0. The summed E-state index contributed by atoms with van der Waals surface area (Å²) in [5, 5.41) is 10.2. The molecule has 31 heavy (non-hydrogen) atoms. The number of methoxy groups -OCH3 is 1. The Morgan fingerprint density at radius 2 is 1.90 bits per heavy atom. The van der Waals surface area contributed by atoms with E-state index < -0.39 is 0 Å². The van der Waals surface area contributed by atoms with Gasteiger partial charge in [0.15, 0.2) is 0 Å². The third-order valence-electron chi connectivity index (χ3n) is 5.63. The lowest BCUT2D eigenvalue weighted by atomic mass is 9.97. The van der Waals surface area contributed by atoms with Crippen LogP contribution in [0.15, 0.2) is 36.5 Å². The molecule has 1 aromatic carbocycles. The molecule has 0 bridgehead atoms. The van der Waals surface area contributed by atoms with Gasteiger partial charge >= 0.3 is 0 Å². The molecule has 1 aliphatic rings. The summed E-state index contributed by atoms with van der Waals surface area (Å²) < 4.78 is 7.64. The van der Waals surface area contributed by atoms with Gasteiger partial charge in [-0.25, -0.2) is 9.97 Å². The summed E-state index contributed by atoms with van der Waals surface area (Å²) in [6, 6.07) is 12.5.